The molecule has 1 fully saturated rings. The van der Waals surface area contributed by atoms with Crippen molar-refractivity contribution in [1.82, 2.24) is 9.78 Å². The fraction of sp³-hybridized carbons (Fsp3) is 0.281. The van der Waals surface area contributed by atoms with Gasteiger partial charge in [0.15, 0.2) is 0 Å². The first kappa shape index (κ1) is 26.2. The molecule has 5 rings (SSSR count). The van der Waals surface area contributed by atoms with Crippen LogP contribution in [0, 0.1) is 5.92 Å². The number of nitrogens with one attached hydrogen (secondary N) is 1. The van der Waals surface area contributed by atoms with Crippen LogP contribution in [0.5, 0.6) is 0 Å². The van der Waals surface area contributed by atoms with Gasteiger partial charge in [-0.25, -0.2) is 4.79 Å². The Kier molecular flexibility index (Phi) is 8.06. The van der Waals surface area contributed by atoms with E-state index in [9.17, 15) is 14.7 Å². The third-order valence-electron chi connectivity index (χ3n) is 7.35. The van der Waals surface area contributed by atoms with Crippen molar-refractivity contribution >= 4 is 11.6 Å². The van der Waals surface area contributed by atoms with Crippen LogP contribution in [-0.2, 0) is 17.8 Å². The van der Waals surface area contributed by atoms with Crippen molar-refractivity contribution in [2.24, 2.45) is 5.92 Å². The number of carbonyl (C=O) groups is 1. The van der Waals surface area contributed by atoms with Crippen LogP contribution in [0.1, 0.15) is 54.7 Å². The molecular weight excluding hydrogens is 490 g/mol. The molecule has 1 unspecified atom stereocenters. The molecule has 1 saturated carbocycles. The van der Waals surface area contributed by atoms with Gasteiger partial charge in [-0.1, -0.05) is 74.0 Å². The zero-order valence-corrected chi connectivity index (χ0v) is 21.9. The van der Waals surface area contributed by atoms with E-state index in [2.05, 4.69) is 17.0 Å². The number of aryl methyl sites for hydroxylation is 1. The molecule has 0 bridgehead atoms. The lowest BCUT2D eigenvalue weighted by Crippen LogP contribution is -2.26. The molecule has 1 atom stereocenters. The summed E-state index contributed by atoms with van der Waals surface area (Å²) in [5.74, 6) is -0.0599. The molecule has 200 valence electrons. The van der Waals surface area contributed by atoms with E-state index in [0.717, 1.165) is 53.6 Å². The van der Waals surface area contributed by atoms with Crippen molar-refractivity contribution in [3.8, 4) is 11.5 Å². The van der Waals surface area contributed by atoms with Crippen molar-refractivity contribution in [3.63, 3.8) is 0 Å². The van der Waals surface area contributed by atoms with Gasteiger partial charge in [0.05, 0.1) is 18.2 Å². The number of aliphatic hydroxyl groups is 1. The highest BCUT2D eigenvalue weighted by Crippen LogP contribution is 2.38. The van der Waals surface area contributed by atoms with Crippen molar-refractivity contribution in [2.45, 2.75) is 51.0 Å². The SMILES string of the molecule is C=C(O)CCc1cccc(NC(=O)C(c2ccc(Cn3nc(-c4ccccc4)oc3=O)cc2)C2CCCC2)c1. The topological polar surface area (TPSA) is 97.4 Å². The number of aliphatic hydroxyl groups excluding tert-OH is 1. The molecule has 0 radical (unpaired) electrons. The number of allylic oxidation sites excluding steroid dienone is 1. The van der Waals surface area contributed by atoms with Crippen LogP contribution in [-0.4, -0.2) is 20.8 Å². The van der Waals surface area contributed by atoms with E-state index in [1.165, 1.54) is 4.68 Å². The molecule has 0 saturated heterocycles. The minimum absolute atomic E-state index is 0.0152. The molecule has 0 aliphatic heterocycles. The van der Waals surface area contributed by atoms with Gasteiger partial charge in [-0.15, -0.1) is 5.10 Å². The number of hydrogen-bond donors (Lipinski definition) is 2. The van der Waals surface area contributed by atoms with Crippen molar-refractivity contribution < 1.29 is 14.3 Å². The second-order valence-corrected chi connectivity index (χ2v) is 10.2. The number of benzene rings is 3. The molecule has 1 aliphatic rings. The molecule has 2 N–H and O–H groups in total. The quantitative estimate of drug-likeness (QED) is 0.232. The maximum Gasteiger partial charge on any atom is 0.437 e. The first-order valence-electron chi connectivity index (χ1n) is 13.4. The second-order valence-electron chi connectivity index (χ2n) is 10.2. The lowest BCUT2D eigenvalue weighted by Gasteiger charge is -2.23. The normalized spacial score (nSPS) is 14.3. The molecule has 1 amide bonds. The number of hydrogen-bond acceptors (Lipinski definition) is 5. The summed E-state index contributed by atoms with van der Waals surface area (Å²) in [5.41, 5.74) is 4.40. The van der Waals surface area contributed by atoms with E-state index >= 15 is 0 Å². The molecule has 7 heteroatoms. The summed E-state index contributed by atoms with van der Waals surface area (Å²) < 4.78 is 6.67. The number of anilines is 1. The number of nitrogens with zero attached hydrogens (tertiary/aromatic N) is 2. The Morgan fingerprint density at radius 1 is 1.03 bits per heavy atom. The Hall–Kier alpha value is -4.39. The van der Waals surface area contributed by atoms with Crippen LogP contribution in [0.4, 0.5) is 5.69 Å². The second kappa shape index (κ2) is 12.0. The lowest BCUT2D eigenvalue weighted by atomic mass is 9.83. The summed E-state index contributed by atoms with van der Waals surface area (Å²) in [5, 5.41) is 16.9. The Bertz CT molecular complexity index is 1480. The fourth-order valence-electron chi connectivity index (χ4n) is 5.35. The minimum atomic E-state index is -0.508. The van der Waals surface area contributed by atoms with E-state index < -0.39 is 5.76 Å². The monoisotopic (exact) mass is 523 g/mol. The van der Waals surface area contributed by atoms with Crippen LogP contribution in [0.15, 0.2) is 100 Å². The summed E-state index contributed by atoms with van der Waals surface area (Å²) in [7, 11) is 0. The zero-order chi connectivity index (χ0) is 27.2. The van der Waals surface area contributed by atoms with Gasteiger partial charge in [0.2, 0.25) is 11.8 Å². The highest BCUT2D eigenvalue weighted by molar-refractivity contribution is 5.96. The smallest absolute Gasteiger partial charge is 0.437 e. The average Bonchev–Trinajstić information content (AvgIpc) is 3.59. The number of amides is 1. The van der Waals surface area contributed by atoms with Crippen LogP contribution < -0.4 is 11.1 Å². The summed E-state index contributed by atoms with van der Waals surface area (Å²) in [4.78, 5) is 26.0. The summed E-state index contributed by atoms with van der Waals surface area (Å²) in [6.45, 7) is 3.83. The van der Waals surface area contributed by atoms with Gasteiger partial charge in [-0.3, -0.25) is 4.79 Å². The highest BCUT2D eigenvalue weighted by atomic mass is 16.4. The van der Waals surface area contributed by atoms with Gasteiger partial charge in [0.1, 0.15) is 0 Å². The molecule has 3 aromatic carbocycles. The Labute approximate surface area is 227 Å². The first-order valence-corrected chi connectivity index (χ1v) is 13.4. The summed E-state index contributed by atoms with van der Waals surface area (Å²) in [6, 6.07) is 25.0. The standard InChI is InChI=1S/C32H33N3O4/c1-22(36)14-15-23-8-7-13-28(20-23)33-30(37)29(25-9-5-6-10-25)26-18-16-24(17-19-26)21-35-32(38)39-31(34-35)27-11-3-2-4-12-27/h2-4,7-8,11-13,16-20,25,29,36H,1,5-6,9-10,14-15,21H2,(H,33,37). The predicted molar refractivity (Wildman–Crippen MR) is 152 cm³/mol. The number of carbonyl (C=O) groups excluding carboxylic acids is 1. The van der Waals surface area contributed by atoms with E-state index in [0.29, 0.717) is 18.7 Å². The molecule has 4 aromatic rings. The zero-order valence-electron chi connectivity index (χ0n) is 21.9. The minimum Gasteiger partial charge on any atom is -0.513 e. The van der Waals surface area contributed by atoms with Crippen LogP contribution in [0.25, 0.3) is 11.5 Å². The molecule has 7 nitrogen and oxygen atoms in total. The molecular formula is C32H33N3O4. The lowest BCUT2D eigenvalue weighted by molar-refractivity contribution is -0.118. The molecule has 39 heavy (non-hydrogen) atoms. The first-order chi connectivity index (χ1) is 19.0. The summed E-state index contributed by atoms with van der Waals surface area (Å²) in [6.07, 6.45) is 5.46. The maximum atomic E-state index is 13.6. The van der Waals surface area contributed by atoms with E-state index in [-0.39, 0.29) is 30.0 Å². The van der Waals surface area contributed by atoms with Gasteiger partial charge in [0, 0.05) is 17.7 Å². The van der Waals surface area contributed by atoms with E-state index in [4.69, 9.17) is 4.42 Å². The highest BCUT2D eigenvalue weighted by Gasteiger charge is 2.32. The van der Waals surface area contributed by atoms with Crippen molar-refractivity contribution in [3.05, 3.63) is 118 Å². The predicted octanol–water partition coefficient (Wildman–Crippen LogP) is 6.47. The van der Waals surface area contributed by atoms with E-state index in [1.54, 1.807) is 0 Å². The Balaban J connectivity index is 1.32. The van der Waals surface area contributed by atoms with Crippen molar-refractivity contribution in [1.29, 1.82) is 0 Å². The van der Waals surface area contributed by atoms with Gasteiger partial charge in [-0.05, 0) is 66.1 Å². The van der Waals surface area contributed by atoms with Gasteiger partial charge < -0.3 is 14.8 Å². The van der Waals surface area contributed by atoms with Crippen molar-refractivity contribution in [2.75, 3.05) is 5.32 Å². The van der Waals surface area contributed by atoms with E-state index in [1.807, 2.05) is 78.9 Å². The van der Waals surface area contributed by atoms with Gasteiger partial charge in [0.25, 0.3) is 0 Å². The molecule has 1 heterocycles. The molecule has 0 spiro atoms. The van der Waals surface area contributed by atoms with Crippen LogP contribution in [0.2, 0.25) is 0 Å². The number of rotatable bonds is 10. The van der Waals surface area contributed by atoms with Gasteiger partial charge in [-0.2, -0.15) is 4.68 Å². The summed E-state index contributed by atoms with van der Waals surface area (Å²) >= 11 is 0. The van der Waals surface area contributed by atoms with Gasteiger partial charge >= 0.3 is 5.76 Å². The molecule has 1 aliphatic carbocycles. The third-order valence-corrected chi connectivity index (χ3v) is 7.35. The molecule has 1 aromatic heterocycles. The van der Waals surface area contributed by atoms with Crippen LogP contribution >= 0.6 is 0 Å². The Morgan fingerprint density at radius 3 is 2.49 bits per heavy atom. The average molecular weight is 524 g/mol. The van der Waals surface area contributed by atoms with Crippen LogP contribution in [0.3, 0.4) is 0 Å². The number of aromatic nitrogens is 2. The maximum absolute atomic E-state index is 13.6. The third kappa shape index (κ3) is 6.55. The fourth-order valence-corrected chi connectivity index (χ4v) is 5.35. The largest absolute Gasteiger partial charge is 0.513 e. The Morgan fingerprint density at radius 2 is 1.77 bits per heavy atom.